The van der Waals surface area contributed by atoms with Gasteiger partial charge < -0.3 is 4.74 Å². The molecule has 1 atom stereocenters. The second-order valence-corrected chi connectivity index (χ2v) is 7.85. The van der Waals surface area contributed by atoms with Crippen molar-refractivity contribution in [2.24, 2.45) is 0 Å². The monoisotopic (exact) mass is 332 g/mol. The molecule has 0 aromatic heterocycles. The topological polar surface area (TPSA) is 58.6 Å². The van der Waals surface area contributed by atoms with Crippen LogP contribution >= 0.6 is 11.8 Å². The molecule has 5 nitrogen and oxygen atoms in total. The highest BCUT2D eigenvalue weighted by Gasteiger charge is 2.30. The largest absolute Gasteiger partial charge is 0.379 e. The van der Waals surface area contributed by atoms with Crippen molar-refractivity contribution >= 4 is 22.0 Å². The quantitative estimate of drug-likeness (QED) is 0.912. The zero-order valence-electron chi connectivity index (χ0n) is 11.4. The first-order valence-electron chi connectivity index (χ1n) is 6.84. The van der Waals surface area contributed by atoms with Gasteiger partial charge in [0.2, 0.25) is 0 Å². The standard InChI is InChI=1S/C13H17FN2O3S2/c14-10-1-2-13-11(9-10)12(3-8-20-13)15-21(17,18)16-4-6-19-7-5-16/h1-2,9,12,15H,3-8H2/t12-/m0/s1. The molecule has 0 amide bonds. The number of rotatable bonds is 3. The number of ether oxygens (including phenoxy) is 1. The van der Waals surface area contributed by atoms with E-state index in [1.54, 1.807) is 17.8 Å². The SMILES string of the molecule is O=S(=O)(N[C@H]1CCSc2ccc(F)cc21)N1CCOCC1. The average molecular weight is 332 g/mol. The van der Waals surface area contributed by atoms with E-state index < -0.39 is 10.2 Å². The zero-order chi connectivity index (χ0) is 14.9. The first-order valence-corrected chi connectivity index (χ1v) is 9.26. The van der Waals surface area contributed by atoms with Crippen LogP contribution in [-0.4, -0.2) is 44.8 Å². The Bertz CT molecular complexity index is 618. The van der Waals surface area contributed by atoms with Crippen molar-refractivity contribution in [3.63, 3.8) is 0 Å². The molecule has 2 aliphatic heterocycles. The van der Waals surface area contributed by atoms with Crippen molar-refractivity contribution in [3.05, 3.63) is 29.6 Å². The van der Waals surface area contributed by atoms with Crippen molar-refractivity contribution in [3.8, 4) is 0 Å². The molecule has 1 aromatic rings. The molecule has 1 aromatic carbocycles. The first kappa shape index (κ1) is 15.2. The highest BCUT2D eigenvalue weighted by Crippen LogP contribution is 2.36. The maximum Gasteiger partial charge on any atom is 0.280 e. The van der Waals surface area contributed by atoms with Gasteiger partial charge in [0, 0.05) is 24.0 Å². The number of nitrogens with zero attached hydrogens (tertiary/aromatic N) is 1. The van der Waals surface area contributed by atoms with Gasteiger partial charge in [0.15, 0.2) is 0 Å². The van der Waals surface area contributed by atoms with E-state index in [-0.39, 0.29) is 11.9 Å². The summed E-state index contributed by atoms with van der Waals surface area (Å²) in [7, 11) is -3.57. The molecule has 3 rings (SSSR count). The third-order valence-corrected chi connectivity index (χ3v) is 6.36. The molecular weight excluding hydrogens is 315 g/mol. The second kappa shape index (κ2) is 6.21. The first-order chi connectivity index (χ1) is 10.1. The Morgan fingerprint density at radius 3 is 2.86 bits per heavy atom. The molecule has 1 fully saturated rings. The summed E-state index contributed by atoms with van der Waals surface area (Å²) in [5, 5.41) is 0. The predicted octanol–water partition coefficient (Wildman–Crippen LogP) is 1.53. The Labute approximate surface area is 128 Å². The lowest BCUT2D eigenvalue weighted by Gasteiger charge is -2.31. The molecule has 1 saturated heterocycles. The Morgan fingerprint density at radius 2 is 2.10 bits per heavy atom. The van der Waals surface area contributed by atoms with E-state index in [1.807, 2.05) is 0 Å². The van der Waals surface area contributed by atoms with Crippen molar-refractivity contribution in [1.29, 1.82) is 0 Å². The third kappa shape index (κ3) is 3.40. The molecule has 8 heteroatoms. The minimum absolute atomic E-state index is 0.341. The van der Waals surface area contributed by atoms with Crippen molar-refractivity contribution in [1.82, 2.24) is 9.03 Å². The number of fused-ring (bicyclic) bond motifs is 1. The van der Waals surface area contributed by atoms with Crippen LogP contribution in [0, 0.1) is 5.82 Å². The number of halogens is 1. The average Bonchev–Trinajstić information content (AvgIpc) is 2.48. The number of hydrogen-bond donors (Lipinski definition) is 1. The summed E-state index contributed by atoms with van der Waals surface area (Å²) in [5.74, 6) is 0.474. The molecule has 0 saturated carbocycles. The van der Waals surface area contributed by atoms with Gasteiger partial charge in [-0.3, -0.25) is 0 Å². The molecule has 116 valence electrons. The summed E-state index contributed by atoms with van der Waals surface area (Å²) >= 11 is 1.63. The highest BCUT2D eigenvalue weighted by molar-refractivity contribution is 7.99. The minimum atomic E-state index is -3.57. The molecule has 0 unspecified atom stereocenters. The van der Waals surface area contributed by atoms with Gasteiger partial charge in [-0.25, -0.2) is 4.39 Å². The fraction of sp³-hybridized carbons (Fsp3) is 0.538. The van der Waals surface area contributed by atoms with E-state index in [9.17, 15) is 12.8 Å². The summed E-state index contributed by atoms with van der Waals surface area (Å²) in [6, 6.07) is 4.17. The van der Waals surface area contributed by atoms with Crippen LogP contribution in [0.4, 0.5) is 4.39 Å². The van der Waals surface area contributed by atoms with Gasteiger partial charge in [-0.1, -0.05) is 0 Å². The number of thioether (sulfide) groups is 1. The normalized spacial score (nSPS) is 23.8. The number of nitrogens with one attached hydrogen (secondary N) is 1. The van der Waals surface area contributed by atoms with Crippen molar-refractivity contribution in [2.75, 3.05) is 32.1 Å². The van der Waals surface area contributed by atoms with Crippen LogP contribution < -0.4 is 4.72 Å². The molecule has 2 aliphatic rings. The summed E-state index contributed by atoms with van der Waals surface area (Å²) in [5.41, 5.74) is 0.725. The lowest BCUT2D eigenvalue weighted by atomic mass is 10.0. The molecule has 0 bridgehead atoms. The summed E-state index contributed by atoms with van der Waals surface area (Å²) < 4.78 is 47.5. The van der Waals surface area contributed by atoms with E-state index in [0.717, 1.165) is 16.2 Å². The van der Waals surface area contributed by atoms with Gasteiger partial charge in [0.05, 0.1) is 13.2 Å². The molecule has 1 N–H and O–H groups in total. The van der Waals surface area contributed by atoms with Crippen LogP contribution in [0.5, 0.6) is 0 Å². The molecular formula is C13H17FN2O3S2. The molecule has 2 heterocycles. The highest BCUT2D eigenvalue weighted by atomic mass is 32.2. The van der Waals surface area contributed by atoms with Crippen LogP contribution in [0.3, 0.4) is 0 Å². The van der Waals surface area contributed by atoms with Gasteiger partial charge in [-0.15, -0.1) is 11.8 Å². The van der Waals surface area contributed by atoms with E-state index in [2.05, 4.69) is 4.72 Å². The van der Waals surface area contributed by atoms with E-state index in [4.69, 9.17) is 4.74 Å². The van der Waals surface area contributed by atoms with Crippen LogP contribution in [0.25, 0.3) is 0 Å². The van der Waals surface area contributed by atoms with Gasteiger partial charge in [0.25, 0.3) is 10.2 Å². The van der Waals surface area contributed by atoms with Gasteiger partial charge in [-0.2, -0.15) is 17.4 Å². The summed E-state index contributed by atoms with van der Waals surface area (Å²) in [4.78, 5) is 0.942. The summed E-state index contributed by atoms with van der Waals surface area (Å²) in [6.45, 7) is 1.53. The molecule has 21 heavy (non-hydrogen) atoms. The predicted molar refractivity (Wildman–Crippen MR) is 78.9 cm³/mol. The fourth-order valence-corrected chi connectivity index (χ4v) is 5.02. The number of hydrogen-bond acceptors (Lipinski definition) is 4. The van der Waals surface area contributed by atoms with Gasteiger partial charge >= 0.3 is 0 Å². The summed E-state index contributed by atoms with van der Waals surface area (Å²) in [6.07, 6.45) is 0.657. The molecule has 0 aliphatic carbocycles. The smallest absolute Gasteiger partial charge is 0.280 e. The van der Waals surface area contributed by atoms with Gasteiger partial charge in [0.1, 0.15) is 5.82 Å². The molecule has 0 radical (unpaired) electrons. The van der Waals surface area contributed by atoms with Crippen LogP contribution in [-0.2, 0) is 14.9 Å². The van der Waals surface area contributed by atoms with E-state index in [1.165, 1.54) is 16.4 Å². The maximum atomic E-state index is 13.4. The Balaban J connectivity index is 1.81. The zero-order valence-corrected chi connectivity index (χ0v) is 13.1. The van der Waals surface area contributed by atoms with Crippen LogP contribution in [0.1, 0.15) is 18.0 Å². The van der Waals surface area contributed by atoms with Crippen molar-refractivity contribution in [2.45, 2.75) is 17.4 Å². The fourth-order valence-electron chi connectivity index (χ4n) is 2.53. The lowest BCUT2D eigenvalue weighted by Crippen LogP contribution is -2.47. The maximum absolute atomic E-state index is 13.4. The van der Waals surface area contributed by atoms with Gasteiger partial charge in [-0.05, 0) is 35.9 Å². The number of morpholine rings is 1. The van der Waals surface area contributed by atoms with Crippen LogP contribution in [0.15, 0.2) is 23.1 Å². The van der Waals surface area contributed by atoms with E-state index in [0.29, 0.717) is 32.7 Å². The third-order valence-electron chi connectivity index (χ3n) is 3.61. The van der Waals surface area contributed by atoms with E-state index >= 15 is 0 Å². The Hall–Kier alpha value is -0.670. The Morgan fingerprint density at radius 1 is 1.33 bits per heavy atom. The van der Waals surface area contributed by atoms with Crippen LogP contribution in [0.2, 0.25) is 0 Å². The lowest BCUT2D eigenvalue weighted by molar-refractivity contribution is 0.0723. The minimum Gasteiger partial charge on any atom is -0.379 e. The Kier molecular flexibility index (Phi) is 4.51. The van der Waals surface area contributed by atoms with Crippen molar-refractivity contribution < 1.29 is 17.5 Å². The molecule has 0 spiro atoms. The number of benzene rings is 1. The second-order valence-electron chi connectivity index (χ2n) is 5.01.